The first-order valence-corrected chi connectivity index (χ1v) is 8.25. The Kier molecular flexibility index (Phi) is 5.86. The van der Waals surface area contributed by atoms with Crippen molar-refractivity contribution in [3.63, 3.8) is 0 Å². The zero-order chi connectivity index (χ0) is 13.7. The number of nitrogens with zero attached hydrogens (tertiary/aromatic N) is 1. The molecule has 1 N–H and O–H groups in total. The average molecular weight is 325 g/mol. The molecule has 1 aromatic carbocycles. The van der Waals surface area contributed by atoms with Crippen molar-refractivity contribution in [2.75, 3.05) is 26.2 Å². The molecule has 0 unspecified atom stereocenters. The quantitative estimate of drug-likeness (QED) is 0.887. The summed E-state index contributed by atoms with van der Waals surface area (Å²) in [4.78, 5) is 2.52. The number of rotatable bonds is 5. The van der Waals surface area contributed by atoms with Crippen LogP contribution in [0.3, 0.4) is 0 Å². The molecule has 0 aromatic heterocycles. The Morgan fingerprint density at radius 2 is 1.89 bits per heavy atom. The molecule has 19 heavy (non-hydrogen) atoms. The van der Waals surface area contributed by atoms with E-state index >= 15 is 0 Å². The summed E-state index contributed by atoms with van der Waals surface area (Å²) in [5, 5.41) is 3.40. The number of halogens is 1. The second-order valence-corrected chi connectivity index (χ2v) is 6.25. The molecule has 1 aliphatic rings. The molecule has 1 aliphatic heterocycles. The van der Waals surface area contributed by atoms with Gasteiger partial charge in [0.1, 0.15) is 0 Å². The summed E-state index contributed by atoms with van der Waals surface area (Å²) in [6, 6.07) is 6.94. The predicted molar refractivity (Wildman–Crippen MR) is 85.6 cm³/mol. The van der Waals surface area contributed by atoms with Crippen LogP contribution in [0.25, 0.3) is 0 Å². The van der Waals surface area contributed by atoms with Crippen LogP contribution in [-0.4, -0.2) is 31.1 Å². The lowest BCUT2D eigenvalue weighted by Crippen LogP contribution is -2.42. The van der Waals surface area contributed by atoms with Gasteiger partial charge in [-0.2, -0.15) is 0 Å². The van der Waals surface area contributed by atoms with Crippen LogP contribution in [0, 0.1) is 0 Å². The fourth-order valence-corrected chi connectivity index (χ4v) is 3.61. The third kappa shape index (κ3) is 4.04. The van der Waals surface area contributed by atoms with Gasteiger partial charge in [0.2, 0.25) is 0 Å². The van der Waals surface area contributed by atoms with Gasteiger partial charge in [-0.05, 0) is 36.0 Å². The summed E-state index contributed by atoms with van der Waals surface area (Å²) in [5.74, 6) is 0.683. The van der Waals surface area contributed by atoms with E-state index in [1.165, 1.54) is 28.4 Å². The molecule has 0 radical (unpaired) electrons. The van der Waals surface area contributed by atoms with Crippen LogP contribution in [0.5, 0.6) is 0 Å². The van der Waals surface area contributed by atoms with Gasteiger partial charge in [-0.25, -0.2) is 0 Å². The second kappa shape index (κ2) is 7.41. The number of piperazine rings is 1. The highest BCUT2D eigenvalue weighted by Gasteiger charge is 2.13. The molecule has 2 nitrogen and oxygen atoms in total. The molecule has 0 aliphatic carbocycles. The van der Waals surface area contributed by atoms with Crippen molar-refractivity contribution in [1.82, 2.24) is 10.2 Å². The van der Waals surface area contributed by atoms with E-state index < -0.39 is 0 Å². The molecule has 0 atom stereocenters. The van der Waals surface area contributed by atoms with Gasteiger partial charge < -0.3 is 5.32 Å². The first-order chi connectivity index (χ1) is 9.24. The lowest BCUT2D eigenvalue weighted by molar-refractivity contribution is 0.233. The summed E-state index contributed by atoms with van der Waals surface area (Å²) in [6.45, 7) is 10.2. The lowest BCUT2D eigenvalue weighted by Gasteiger charge is -2.27. The van der Waals surface area contributed by atoms with Crippen LogP contribution < -0.4 is 5.32 Å². The van der Waals surface area contributed by atoms with Gasteiger partial charge in [-0.3, -0.25) is 4.90 Å². The van der Waals surface area contributed by atoms with E-state index in [0.29, 0.717) is 5.92 Å². The SMILES string of the molecule is CCC(CC)c1ccc(CN2CCNCC2)cc1Br. The maximum atomic E-state index is 3.76. The predicted octanol–water partition coefficient (Wildman–Crippen LogP) is 3.76. The fraction of sp³-hybridized carbons (Fsp3) is 0.625. The Hall–Kier alpha value is -0.380. The van der Waals surface area contributed by atoms with Crippen LogP contribution in [0.15, 0.2) is 22.7 Å². The van der Waals surface area contributed by atoms with Gasteiger partial charge in [0, 0.05) is 37.2 Å². The zero-order valence-corrected chi connectivity index (χ0v) is 13.7. The number of nitrogens with one attached hydrogen (secondary N) is 1. The maximum Gasteiger partial charge on any atom is 0.0235 e. The maximum absolute atomic E-state index is 3.76. The van der Waals surface area contributed by atoms with Gasteiger partial charge >= 0.3 is 0 Å². The van der Waals surface area contributed by atoms with Crippen LogP contribution in [-0.2, 0) is 6.54 Å². The van der Waals surface area contributed by atoms with E-state index in [1.807, 2.05) is 0 Å². The van der Waals surface area contributed by atoms with Gasteiger partial charge in [0.05, 0.1) is 0 Å². The van der Waals surface area contributed by atoms with Crippen molar-refractivity contribution in [3.05, 3.63) is 33.8 Å². The van der Waals surface area contributed by atoms with Gasteiger partial charge in [-0.15, -0.1) is 0 Å². The third-order valence-electron chi connectivity index (χ3n) is 4.11. The Balaban J connectivity index is 2.05. The van der Waals surface area contributed by atoms with Crippen LogP contribution in [0.4, 0.5) is 0 Å². The molecule has 1 heterocycles. The highest BCUT2D eigenvalue weighted by Crippen LogP contribution is 2.30. The molecule has 0 spiro atoms. The molecule has 2 rings (SSSR count). The van der Waals surface area contributed by atoms with Crippen molar-refractivity contribution >= 4 is 15.9 Å². The van der Waals surface area contributed by atoms with Crippen LogP contribution >= 0.6 is 15.9 Å². The Morgan fingerprint density at radius 3 is 2.47 bits per heavy atom. The lowest BCUT2D eigenvalue weighted by atomic mass is 9.93. The molecule has 0 saturated carbocycles. The minimum absolute atomic E-state index is 0.683. The molecule has 1 fully saturated rings. The van der Waals surface area contributed by atoms with E-state index in [4.69, 9.17) is 0 Å². The van der Waals surface area contributed by atoms with E-state index in [0.717, 1.165) is 32.7 Å². The number of hydrogen-bond donors (Lipinski definition) is 1. The summed E-state index contributed by atoms with van der Waals surface area (Å²) in [7, 11) is 0. The average Bonchev–Trinajstić information content (AvgIpc) is 2.43. The van der Waals surface area contributed by atoms with Gasteiger partial charge in [0.15, 0.2) is 0 Å². The highest BCUT2D eigenvalue weighted by atomic mass is 79.9. The van der Waals surface area contributed by atoms with Crippen molar-refractivity contribution in [2.45, 2.75) is 39.2 Å². The number of benzene rings is 1. The first-order valence-electron chi connectivity index (χ1n) is 7.46. The molecule has 106 valence electrons. The highest BCUT2D eigenvalue weighted by molar-refractivity contribution is 9.10. The van der Waals surface area contributed by atoms with Crippen LogP contribution in [0.2, 0.25) is 0 Å². The van der Waals surface area contributed by atoms with E-state index in [1.54, 1.807) is 0 Å². The smallest absolute Gasteiger partial charge is 0.0235 e. The molecular weight excluding hydrogens is 300 g/mol. The largest absolute Gasteiger partial charge is 0.314 e. The number of hydrogen-bond acceptors (Lipinski definition) is 2. The summed E-state index contributed by atoms with van der Waals surface area (Å²) < 4.78 is 1.29. The van der Waals surface area contributed by atoms with E-state index in [2.05, 4.69) is 58.2 Å². The van der Waals surface area contributed by atoms with Crippen LogP contribution in [0.1, 0.15) is 43.7 Å². The molecule has 0 bridgehead atoms. The van der Waals surface area contributed by atoms with Crippen molar-refractivity contribution < 1.29 is 0 Å². The Bertz CT molecular complexity index is 396. The molecule has 0 amide bonds. The fourth-order valence-electron chi connectivity index (χ4n) is 2.86. The minimum Gasteiger partial charge on any atom is -0.314 e. The topological polar surface area (TPSA) is 15.3 Å². The van der Waals surface area contributed by atoms with Gasteiger partial charge in [-0.1, -0.05) is 41.9 Å². The Labute approximate surface area is 125 Å². The minimum atomic E-state index is 0.683. The zero-order valence-electron chi connectivity index (χ0n) is 12.1. The molecule has 1 saturated heterocycles. The van der Waals surface area contributed by atoms with E-state index in [9.17, 15) is 0 Å². The summed E-state index contributed by atoms with van der Waals surface area (Å²) in [5.41, 5.74) is 2.89. The van der Waals surface area contributed by atoms with Crippen molar-refractivity contribution in [1.29, 1.82) is 0 Å². The second-order valence-electron chi connectivity index (χ2n) is 5.40. The third-order valence-corrected chi connectivity index (χ3v) is 4.79. The molecule has 3 heteroatoms. The molecule has 1 aromatic rings. The van der Waals surface area contributed by atoms with Crippen molar-refractivity contribution in [2.24, 2.45) is 0 Å². The summed E-state index contributed by atoms with van der Waals surface area (Å²) >= 11 is 3.76. The molecular formula is C16H25BrN2. The van der Waals surface area contributed by atoms with Crippen molar-refractivity contribution in [3.8, 4) is 0 Å². The monoisotopic (exact) mass is 324 g/mol. The standard InChI is InChI=1S/C16H25BrN2/c1-3-14(4-2)15-6-5-13(11-16(15)17)12-19-9-7-18-8-10-19/h5-6,11,14,18H,3-4,7-10,12H2,1-2H3. The van der Waals surface area contributed by atoms with E-state index in [-0.39, 0.29) is 0 Å². The normalized spacial score (nSPS) is 17.1. The summed E-state index contributed by atoms with van der Waals surface area (Å²) in [6.07, 6.45) is 2.43. The first kappa shape index (κ1) is 15.0. The van der Waals surface area contributed by atoms with Gasteiger partial charge in [0.25, 0.3) is 0 Å². The Morgan fingerprint density at radius 1 is 1.21 bits per heavy atom.